The fourth-order valence-corrected chi connectivity index (χ4v) is 1.91. The monoisotopic (exact) mass is 212 g/mol. The Balaban J connectivity index is 2.74. The maximum absolute atomic E-state index is 11.8. The summed E-state index contributed by atoms with van der Waals surface area (Å²) >= 11 is 0. The van der Waals surface area contributed by atoms with Gasteiger partial charge in [-0.05, 0) is 27.2 Å². The van der Waals surface area contributed by atoms with Crippen molar-refractivity contribution in [3.05, 3.63) is 0 Å². The van der Waals surface area contributed by atoms with Crippen LogP contribution >= 0.6 is 0 Å². The van der Waals surface area contributed by atoms with Gasteiger partial charge in [-0.3, -0.25) is 9.69 Å². The van der Waals surface area contributed by atoms with Crippen LogP contribution in [0.2, 0.25) is 0 Å². The second-order valence-corrected chi connectivity index (χ2v) is 5.04. The Morgan fingerprint density at radius 3 is 2.40 bits per heavy atom. The first-order chi connectivity index (χ1) is 6.86. The summed E-state index contributed by atoms with van der Waals surface area (Å²) < 4.78 is 0. The first kappa shape index (κ1) is 12.0. The highest BCUT2D eigenvalue weighted by Crippen LogP contribution is 2.20. The molecule has 0 aromatic rings. The van der Waals surface area contributed by atoms with E-state index < -0.39 is 5.54 Å². The van der Waals surface area contributed by atoms with E-state index >= 15 is 0 Å². The summed E-state index contributed by atoms with van der Waals surface area (Å²) in [6.07, 6.45) is 2.28. The van der Waals surface area contributed by atoms with E-state index in [0.717, 1.165) is 12.8 Å². The molecule has 0 radical (unpaired) electrons. The first-order valence-electron chi connectivity index (χ1n) is 5.49. The summed E-state index contributed by atoms with van der Waals surface area (Å²) in [7, 11) is 0. The van der Waals surface area contributed by atoms with Crippen LogP contribution in [0, 0.1) is 0 Å². The molecule has 3 amide bonds. The van der Waals surface area contributed by atoms with Crippen LogP contribution in [0.4, 0.5) is 4.79 Å². The van der Waals surface area contributed by atoms with Crippen molar-refractivity contribution in [2.75, 3.05) is 0 Å². The van der Waals surface area contributed by atoms with E-state index in [-0.39, 0.29) is 18.0 Å². The molecule has 1 aliphatic heterocycles. The van der Waals surface area contributed by atoms with E-state index in [1.54, 1.807) is 0 Å². The van der Waals surface area contributed by atoms with E-state index in [2.05, 4.69) is 5.32 Å². The molecule has 0 bridgehead atoms. The molecule has 0 saturated carbocycles. The molecular formula is C11H20N2O2. The van der Waals surface area contributed by atoms with Crippen LogP contribution in [-0.4, -0.2) is 28.4 Å². The summed E-state index contributed by atoms with van der Waals surface area (Å²) in [5, 5.41) is 2.87. The van der Waals surface area contributed by atoms with E-state index in [4.69, 9.17) is 0 Å². The number of hydrogen-bond acceptors (Lipinski definition) is 2. The predicted octanol–water partition coefficient (Wildman–Crippen LogP) is 1.90. The largest absolute Gasteiger partial charge is 0.334 e. The molecule has 0 aliphatic carbocycles. The summed E-state index contributed by atoms with van der Waals surface area (Å²) in [6.45, 7) is 7.65. The van der Waals surface area contributed by atoms with Crippen LogP contribution in [0.3, 0.4) is 0 Å². The van der Waals surface area contributed by atoms with Gasteiger partial charge >= 0.3 is 6.03 Å². The van der Waals surface area contributed by atoms with E-state index in [9.17, 15) is 9.59 Å². The van der Waals surface area contributed by atoms with Crippen LogP contribution in [-0.2, 0) is 4.79 Å². The Hall–Kier alpha value is -1.06. The number of imide groups is 1. The third kappa shape index (κ3) is 2.70. The van der Waals surface area contributed by atoms with Crippen molar-refractivity contribution in [1.29, 1.82) is 0 Å². The SMILES string of the molecule is CCCC1CC(=O)N(C(C)(C)C)C(=O)N1. The topological polar surface area (TPSA) is 49.4 Å². The minimum atomic E-state index is -0.432. The number of nitrogens with zero attached hydrogens (tertiary/aromatic N) is 1. The molecule has 1 unspecified atom stereocenters. The summed E-state index contributed by atoms with van der Waals surface area (Å²) in [5.41, 5.74) is -0.432. The zero-order valence-corrected chi connectivity index (χ0v) is 9.96. The van der Waals surface area contributed by atoms with Crippen molar-refractivity contribution in [3.8, 4) is 0 Å². The Morgan fingerprint density at radius 2 is 2.00 bits per heavy atom. The number of carbonyl (C=O) groups is 2. The molecule has 1 aliphatic rings. The van der Waals surface area contributed by atoms with Crippen LogP contribution in [0.15, 0.2) is 0 Å². The molecule has 4 nitrogen and oxygen atoms in total. The van der Waals surface area contributed by atoms with Crippen molar-refractivity contribution >= 4 is 11.9 Å². The molecule has 0 spiro atoms. The van der Waals surface area contributed by atoms with Crippen LogP contribution < -0.4 is 5.32 Å². The first-order valence-corrected chi connectivity index (χ1v) is 5.49. The number of rotatable bonds is 2. The van der Waals surface area contributed by atoms with Gasteiger partial charge in [0.25, 0.3) is 0 Å². The lowest BCUT2D eigenvalue weighted by molar-refractivity contribution is -0.134. The standard InChI is InChI=1S/C11H20N2O2/c1-5-6-8-7-9(14)13(10(15)12-8)11(2,3)4/h8H,5-7H2,1-4H3,(H,12,15). The number of amides is 3. The summed E-state index contributed by atoms with van der Waals surface area (Å²) in [5.74, 6) is -0.0651. The van der Waals surface area contributed by atoms with Crippen LogP contribution in [0.1, 0.15) is 47.0 Å². The highest BCUT2D eigenvalue weighted by atomic mass is 16.2. The van der Waals surface area contributed by atoms with Crippen molar-refractivity contribution in [1.82, 2.24) is 10.2 Å². The molecule has 86 valence electrons. The lowest BCUT2D eigenvalue weighted by atomic mass is 10.0. The molecule has 0 aromatic heterocycles. The highest BCUT2D eigenvalue weighted by Gasteiger charge is 2.38. The third-order valence-electron chi connectivity index (χ3n) is 2.51. The van der Waals surface area contributed by atoms with Crippen LogP contribution in [0.5, 0.6) is 0 Å². The van der Waals surface area contributed by atoms with Crippen molar-refractivity contribution < 1.29 is 9.59 Å². The smallest absolute Gasteiger partial charge is 0.324 e. The van der Waals surface area contributed by atoms with Gasteiger partial charge < -0.3 is 5.32 Å². The van der Waals surface area contributed by atoms with Crippen LogP contribution in [0.25, 0.3) is 0 Å². The molecule has 1 heterocycles. The maximum atomic E-state index is 11.8. The highest BCUT2D eigenvalue weighted by molar-refractivity contribution is 5.98. The van der Waals surface area contributed by atoms with Crippen molar-refractivity contribution in [3.63, 3.8) is 0 Å². The molecule has 1 atom stereocenters. The Morgan fingerprint density at radius 1 is 1.40 bits per heavy atom. The number of carbonyl (C=O) groups excluding carboxylic acids is 2. The van der Waals surface area contributed by atoms with Gasteiger partial charge in [0.1, 0.15) is 0 Å². The lowest BCUT2D eigenvalue weighted by Gasteiger charge is -2.39. The maximum Gasteiger partial charge on any atom is 0.324 e. The van der Waals surface area contributed by atoms with E-state index in [0.29, 0.717) is 6.42 Å². The quantitative estimate of drug-likeness (QED) is 0.760. The number of urea groups is 1. The fourth-order valence-electron chi connectivity index (χ4n) is 1.91. The van der Waals surface area contributed by atoms with E-state index in [1.807, 2.05) is 27.7 Å². The average Bonchev–Trinajstić information content (AvgIpc) is 1.99. The van der Waals surface area contributed by atoms with Gasteiger partial charge in [0.2, 0.25) is 5.91 Å². The van der Waals surface area contributed by atoms with Crippen molar-refractivity contribution in [2.45, 2.75) is 58.5 Å². The molecule has 1 fully saturated rings. The zero-order valence-electron chi connectivity index (χ0n) is 9.96. The van der Waals surface area contributed by atoms with Gasteiger partial charge in [-0.25, -0.2) is 4.79 Å². The molecule has 1 rings (SSSR count). The molecule has 1 N–H and O–H groups in total. The lowest BCUT2D eigenvalue weighted by Crippen LogP contribution is -2.60. The summed E-state index contributed by atoms with van der Waals surface area (Å²) in [4.78, 5) is 24.9. The Bertz CT molecular complexity index is 250. The zero-order chi connectivity index (χ0) is 11.6. The molecule has 1 saturated heterocycles. The van der Waals surface area contributed by atoms with Gasteiger partial charge in [0.15, 0.2) is 0 Å². The van der Waals surface area contributed by atoms with Gasteiger partial charge in [-0.15, -0.1) is 0 Å². The van der Waals surface area contributed by atoms with Gasteiger partial charge in [-0.2, -0.15) is 0 Å². The second-order valence-electron chi connectivity index (χ2n) is 5.04. The predicted molar refractivity (Wildman–Crippen MR) is 58.4 cm³/mol. The minimum Gasteiger partial charge on any atom is -0.334 e. The summed E-state index contributed by atoms with van der Waals surface area (Å²) in [6, 6.07) is -0.231. The Kier molecular flexibility index (Phi) is 3.37. The fraction of sp³-hybridized carbons (Fsp3) is 0.818. The average molecular weight is 212 g/mol. The Labute approximate surface area is 91.0 Å². The minimum absolute atomic E-state index is 0.0219. The van der Waals surface area contributed by atoms with Crippen molar-refractivity contribution in [2.24, 2.45) is 0 Å². The molecular weight excluding hydrogens is 192 g/mol. The number of nitrogens with one attached hydrogen (secondary N) is 1. The van der Waals surface area contributed by atoms with E-state index in [1.165, 1.54) is 4.90 Å². The number of hydrogen-bond donors (Lipinski definition) is 1. The molecule has 0 aromatic carbocycles. The van der Waals surface area contributed by atoms with Gasteiger partial charge in [-0.1, -0.05) is 13.3 Å². The molecule has 15 heavy (non-hydrogen) atoms. The second kappa shape index (κ2) is 4.21. The molecule has 4 heteroatoms. The van der Waals surface area contributed by atoms with Gasteiger partial charge in [0.05, 0.1) is 0 Å². The van der Waals surface area contributed by atoms with Gasteiger partial charge in [0, 0.05) is 18.0 Å². The normalized spacial score (nSPS) is 22.9. The third-order valence-corrected chi connectivity index (χ3v) is 2.51.